The Bertz CT molecular complexity index is 885. The predicted molar refractivity (Wildman–Crippen MR) is 99.5 cm³/mol. The minimum Gasteiger partial charge on any atom is -0.475 e. The van der Waals surface area contributed by atoms with Gasteiger partial charge in [-0.2, -0.15) is 13.2 Å². The number of carboxylic acid groups (broad SMARTS) is 1. The number of amides is 1. The summed E-state index contributed by atoms with van der Waals surface area (Å²) in [5.74, 6) is -1.16. The fraction of sp³-hybridized carbons (Fsp3) is 0.450. The van der Waals surface area contributed by atoms with Crippen LogP contribution in [0.5, 0.6) is 5.88 Å². The van der Waals surface area contributed by atoms with Crippen molar-refractivity contribution >= 4 is 11.9 Å². The number of alkyl halides is 3. The lowest BCUT2D eigenvalue weighted by Gasteiger charge is -2.24. The molecule has 0 aromatic carbocycles. The molecule has 1 aliphatic heterocycles. The SMILES string of the molecule is CC1CC1C(=O)N1Cc2cccn2CC(Oc2ccccn2)C1.O=C(O)C(F)(F)F. The summed E-state index contributed by atoms with van der Waals surface area (Å²) >= 11 is 0. The molecule has 1 fully saturated rings. The molecular weight excluding hydrogens is 403 g/mol. The van der Waals surface area contributed by atoms with Gasteiger partial charge in [0.15, 0.2) is 0 Å². The van der Waals surface area contributed by atoms with Crippen LogP contribution in [0.25, 0.3) is 0 Å². The first-order valence-corrected chi connectivity index (χ1v) is 9.45. The van der Waals surface area contributed by atoms with Gasteiger partial charge in [0.25, 0.3) is 0 Å². The molecule has 1 saturated carbocycles. The van der Waals surface area contributed by atoms with E-state index in [0.717, 1.165) is 13.0 Å². The van der Waals surface area contributed by atoms with E-state index in [2.05, 4.69) is 28.7 Å². The summed E-state index contributed by atoms with van der Waals surface area (Å²) in [7, 11) is 0. The van der Waals surface area contributed by atoms with Crippen molar-refractivity contribution in [3.05, 3.63) is 48.4 Å². The summed E-state index contributed by atoms with van der Waals surface area (Å²) in [4.78, 5) is 27.8. The van der Waals surface area contributed by atoms with Crippen LogP contribution in [0.2, 0.25) is 0 Å². The highest BCUT2D eigenvalue weighted by Gasteiger charge is 2.42. The van der Waals surface area contributed by atoms with Crippen LogP contribution in [0.1, 0.15) is 19.0 Å². The first kappa shape index (κ1) is 21.7. The maximum Gasteiger partial charge on any atom is 0.490 e. The topological polar surface area (TPSA) is 84.7 Å². The Labute approximate surface area is 171 Å². The Morgan fingerprint density at radius 1 is 1.20 bits per heavy atom. The van der Waals surface area contributed by atoms with E-state index in [4.69, 9.17) is 14.6 Å². The van der Waals surface area contributed by atoms with E-state index < -0.39 is 12.1 Å². The molecule has 0 saturated heterocycles. The molecule has 1 aliphatic carbocycles. The molecule has 30 heavy (non-hydrogen) atoms. The Morgan fingerprint density at radius 2 is 1.90 bits per heavy atom. The van der Waals surface area contributed by atoms with Gasteiger partial charge in [-0.05, 0) is 30.5 Å². The molecule has 0 spiro atoms. The Hall–Kier alpha value is -3.04. The second kappa shape index (κ2) is 8.76. The fourth-order valence-electron chi connectivity index (χ4n) is 3.28. The van der Waals surface area contributed by atoms with Gasteiger partial charge in [-0.25, -0.2) is 9.78 Å². The van der Waals surface area contributed by atoms with Crippen LogP contribution < -0.4 is 4.74 Å². The van der Waals surface area contributed by atoms with Gasteiger partial charge in [0.2, 0.25) is 11.8 Å². The lowest BCUT2D eigenvalue weighted by molar-refractivity contribution is -0.192. The van der Waals surface area contributed by atoms with Crippen molar-refractivity contribution in [2.75, 3.05) is 6.54 Å². The van der Waals surface area contributed by atoms with Crippen molar-refractivity contribution in [2.45, 2.75) is 38.7 Å². The number of hydrogen-bond acceptors (Lipinski definition) is 4. The Kier molecular flexibility index (Phi) is 6.33. The van der Waals surface area contributed by atoms with Crippen LogP contribution in [0.3, 0.4) is 0 Å². The van der Waals surface area contributed by atoms with Crippen LogP contribution in [0, 0.1) is 11.8 Å². The fourth-order valence-corrected chi connectivity index (χ4v) is 3.28. The summed E-state index contributed by atoms with van der Waals surface area (Å²) in [6.07, 6.45) is -0.376. The Balaban J connectivity index is 0.000000318. The third-order valence-corrected chi connectivity index (χ3v) is 5.01. The van der Waals surface area contributed by atoms with Gasteiger partial charge in [0.1, 0.15) is 6.10 Å². The maximum atomic E-state index is 12.7. The number of pyridine rings is 1. The molecule has 2 aromatic heterocycles. The minimum absolute atomic E-state index is 0.0865. The molecule has 2 aromatic rings. The first-order valence-electron chi connectivity index (χ1n) is 9.45. The molecule has 0 bridgehead atoms. The molecule has 3 unspecified atom stereocenters. The van der Waals surface area contributed by atoms with Crippen molar-refractivity contribution in [1.29, 1.82) is 0 Å². The number of aromatic nitrogens is 2. The standard InChI is InChI=1S/C18H21N3O2.C2HF3O2/c1-13-9-16(13)18(22)21-10-14-5-4-8-20(14)11-15(12-21)23-17-6-2-3-7-19-17;3-2(4,5)1(6)7/h2-8,13,15-16H,9-12H2,1H3;(H,6,7). The summed E-state index contributed by atoms with van der Waals surface area (Å²) in [5.41, 5.74) is 1.17. The smallest absolute Gasteiger partial charge is 0.475 e. The zero-order valence-corrected chi connectivity index (χ0v) is 16.2. The first-order chi connectivity index (χ1) is 14.1. The van der Waals surface area contributed by atoms with Gasteiger partial charge < -0.3 is 19.3 Å². The van der Waals surface area contributed by atoms with Crippen LogP contribution in [-0.2, 0) is 22.7 Å². The quantitative estimate of drug-likeness (QED) is 0.818. The number of hydrogen-bond donors (Lipinski definition) is 1. The second-order valence-corrected chi connectivity index (χ2v) is 7.40. The molecule has 3 atom stereocenters. The van der Waals surface area contributed by atoms with E-state index >= 15 is 0 Å². The summed E-state index contributed by atoms with van der Waals surface area (Å²) < 4.78 is 40.0. The van der Waals surface area contributed by atoms with Crippen LogP contribution in [-0.4, -0.2) is 50.3 Å². The van der Waals surface area contributed by atoms with Gasteiger partial charge in [-0.1, -0.05) is 13.0 Å². The highest BCUT2D eigenvalue weighted by atomic mass is 19.4. The number of halogens is 3. The molecule has 0 radical (unpaired) electrons. The average Bonchev–Trinajstić information content (AvgIpc) is 3.31. The van der Waals surface area contributed by atoms with Crippen molar-refractivity contribution in [1.82, 2.24) is 14.5 Å². The third kappa shape index (κ3) is 5.52. The van der Waals surface area contributed by atoms with Gasteiger partial charge in [-0.15, -0.1) is 0 Å². The lowest BCUT2D eigenvalue weighted by atomic mass is 10.2. The van der Waals surface area contributed by atoms with Crippen LogP contribution >= 0.6 is 0 Å². The van der Waals surface area contributed by atoms with Gasteiger partial charge in [-0.3, -0.25) is 4.79 Å². The molecule has 1 N–H and O–H groups in total. The van der Waals surface area contributed by atoms with Crippen LogP contribution in [0.4, 0.5) is 13.2 Å². The normalized spacial score (nSPS) is 22.8. The largest absolute Gasteiger partial charge is 0.490 e. The summed E-state index contributed by atoms with van der Waals surface area (Å²) in [6.45, 7) is 4.16. The number of carbonyl (C=O) groups is 2. The number of fused-ring (bicyclic) bond motifs is 1. The summed E-state index contributed by atoms with van der Waals surface area (Å²) in [6, 6.07) is 9.75. The minimum atomic E-state index is -5.08. The van der Waals surface area contributed by atoms with Gasteiger partial charge in [0, 0.05) is 30.1 Å². The number of aliphatic carboxylic acids is 1. The predicted octanol–water partition coefficient (Wildman–Crippen LogP) is 2.96. The van der Waals surface area contributed by atoms with E-state index in [1.54, 1.807) is 6.20 Å². The number of nitrogens with zero attached hydrogens (tertiary/aromatic N) is 3. The van der Waals surface area contributed by atoms with E-state index in [1.807, 2.05) is 29.2 Å². The number of rotatable bonds is 3. The molecule has 7 nitrogen and oxygen atoms in total. The number of carbonyl (C=O) groups excluding carboxylic acids is 1. The molecule has 3 heterocycles. The van der Waals surface area contributed by atoms with E-state index in [1.165, 1.54) is 5.69 Å². The molecule has 2 aliphatic rings. The zero-order valence-electron chi connectivity index (χ0n) is 16.2. The van der Waals surface area contributed by atoms with E-state index in [9.17, 15) is 18.0 Å². The summed E-state index contributed by atoms with van der Waals surface area (Å²) in [5, 5.41) is 7.12. The third-order valence-electron chi connectivity index (χ3n) is 5.01. The highest BCUT2D eigenvalue weighted by molar-refractivity contribution is 5.81. The van der Waals surface area contributed by atoms with Crippen molar-refractivity contribution in [3.8, 4) is 5.88 Å². The van der Waals surface area contributed by atoms with Gasteiger partial charge >= 0.3 is 12.1 Å². The maximum absolute atomic E-state index is 12.7. The van der Waals surface area contributed by atoms with Crippen molar-refractivity contribution in [2.24, 2.45) is 11.8 Å². The highest BCUT2D eigenvalue weighted by Crippen LogP contribution is 2.39. The Morgan fingerprint density at radius 3 is 2.47 bits per heavy atom. The second-order valence-electron chi connectivity index (χ2n) is 7.40. The molecular formula is C20H22F3N3O4. The van der Waals surface area contributed by atoms with Crippen molar-refractivity contribution < 1.29 is 32.6 Å². The number of ether oxygens (including phenoxy) is 1. The molecule has 1 amide bonds. The van der Waals surface area contributed by atoms with E-state index in [-0.39, 0.29) is 17.9 Å². The van der Waals surface area contributed by atoms with Crippen LogP contribution in [0.15, 0.2) is 42.7 Å². The molecule has 10 heteroatoms. The lowest BCUT2D eigenvalue weighted by Crippen LogP contribution is -2.39. The van der Waals surface area contributed by atoms with E-state index in [0.29, 0.717) is 24.9 Å². The zero-order chi connectivity index (χ0) is 21.9. The molecule has 162 valence electrons. The average molecular weight is 425 g/mol. The van der Waals surface area contributed by atoms with Crippen molar-refractivity contribution in [3.63, 3.8) is 0 Å². The molecule has 4 rings (SSSR count). The number of carboxylic acids is 1. The monoisotopic (exact) mass is 425 g/mol. The van der Waals surface area contributed by atoms with Gasteiger partial charge in [0.05, 0.1) is 19.6 Å².